The molecular formula is C21H15BrClNO2S. The van der Waals surface area contributed by atoms with Gasteiger partial charge in [-0.2, -0.15) is 0 Å². The molecule has 0 spiro atoms. The van der Waals surface area contributed by atoms with E-state index >= 15 is 0 Å². The Labute approximate surface area is 175 Å². The van der Waals surface area contributed by atoms with Crippen molar-refractivity contribution in [3.63, 3.8) is 0 Å². The normalized spacial score (nSPS) is 16.6. The molecule has 1 amide bonds. The van der Waals surface area contributed by atoms with Gasteiger partial charge in [0.05, 0.1) is 5.75 Å². The lowest BCUT2D eigenvalue weighted by molar-refractivity contribution is -0.115. The zero-order chi connectivity index (χ0) is 18.8. The fourth-order valence-corrected chi connectivity index (χ4v) is 4.91. The van der Waals surface area contributed by atoms with E-state index in [1.165, 1.54) is 0 Å². The van der Waals surface area contributed by atoms with Crippen LogP contribution in [-0.2, 0) is 4.79 Å². The Morgan fingerprint density at radius 2 is 1.59 bits per heavy atom. The molecule has 1 fully saturated rings. The summed E-state index contributed by atoms with van der Waals surface area (Å²) in [6, 6.07) is 22.8. The quantitative estimate of drug-likeness (QED) is 0.435. The van der Waals surface area contributed by atoms with Crippen molar-refractivity contribution in [2.24, 2.45) is 0 Å². The summed E-state index contributed by atoms with van der Waals surface area (Å²) in [7, 11) is 0. The summed E-state index contributed by atoms with van der Waals surface area (Å²) in [5.74, 6) is 1.99. The first kappa shape index (κ1) is 18.4. The van der Waals surface area contributed by atoms with E-state index in [2.05, 4.69) is 15.9 Å². The molecule has 136 valence electrons. The molecule has 27 heavy (non-hydrogen) atoms. The van der Waals surface area contributed by atoms with Crippen LogP contribution in [0.5, 0.6) is 11.5 Å². The molecule has 1 saturated heterocycles. The minimum atomic E-state index is -0.0453. The van der Waals surface area contributed by atoms with E-state index in [4.69, 9.17) is 16.3 Å². The highest BCUT2D eigenvalue weighted by Crippen LogP contribution is 2.44. The van der Waals surface area contributed by atoms with Gasteiger partial charge in [0, 0.05) is 15.2 Å². The summed E-state index contributed by atoms with van der Waals surface area (Å²) in [6.45, 7) is 0. The van der Waals surface area contributed by atoms with Crippen molar-refractivity contribution in [1.82, 2.24) is 0 Å². The first-order valence-corrected chi connectivity index (χ1v) is 10.6. The third-order valence-corrected chi connectivity index (χ3v) is 6.37. The predicted molar refractivity (Wildman–Crippen MR) is 115 cm³/mol. The van der Waals surface area contributed by atoms with Crippen molar-refractivity contribution in [1.29, 1.82) is 0 Å². The molecule has 4 rings (SSSR count). The van der Waals surface area contributed by atoms with Crippen molar-refractivity contribution in [2.75, 3.05) is 10.7 Å². The third-order valence-electron chi connectivity index (χ3n) is 4.20. The van der Waals surface area contributed by atoms with Crippen LogP contribution in [0.2, 0.25) is 5.02 Å². The minimum Gasteiger partial charge on any atom is -0.457 e. The standard InChI is InChI=1S/C21H15BrClNO2S/c22-19-4-2-1-3-18(19)21-24(20(25)13-27-21)15-7-11-17(12-8-15)26-16-9-5-14(23)6-10-16/h1-12,21H,13H2/t21-/m1/s1. The van der Waals surface area contributed by atoms with Gasteiger partial charge in [-0.25, -0.2) is 0 Å². The molecule has 3 aromatic rings. The second kappa shape index (κ2) is 7.97. The average molecular weight is 461 g/mol. The number of thioether (sulfide) groups is 1. The van der Waals surface area contributed by atoms with Gasteiger partial charge in [0.15, 0.2) is 0 Å². The summed E-state index contributed by atoms with van der Waals surface area (Å²) >= 11 is 11.1. The Hall–Kier alpha value is -1.95. The molecule has 0 unspecified atom stereocenters. The van der Waals surface area contributed by atoms with Gasteiger partial charge in [0.25, 0.3) is 0 Å². The van der Waals surface area contributed by atoms with Crippen LogP contribution in [-0.4, -0.2) is 11.7 Å². The SMILES string of the molecule is O=C1CS[C@H](c2ccccc2Br)N1c1ccc(Oc2ccc(Cl)cc2)cc1. The molecular weight excluding hydrogens is 446 g/mol. The minimum absolute atomic E-state index is 0.0453. The molecule has 3 nitrogen and oxygen atoms in total. The third kappa shape index (κ3) is 4.00. The summed E-state index contributed by atoms with van der Waals surface area (Å²) in [5, 5.41) is 0.622. The number of amides is 1. The van der Waals surface area contributed by atoms with Gasteiger partial charge in [-0.3, -0.25) is 9.69 Å². The van der Waals surface area contributed by atoms with Crippen molar-refractivity contribution in [2.45, 2.75) is 5.37 Å². The highest BCUT2D eigenvalue weighted by atomic mass is 79.9. The zero-order valence-corrected chi connectivity index (χ0v) is 17.3. The molecule has 0 saturated carbocycles. The van der Waals surface area contributed by atoms with Gasteiger partial charge < -0.3 is 4.74 Å². The van der Waals surface area contributed by atoms with E-state index in [-0.39, 0.29) is 11.3 Å². The maximum absolute atomic E-state index is 12.5. The topological polar surface area (TPSA) is 29.5 Å². The van der Waals surface area contributed by atoms with Crippen LogP contribution in [0.4, 0.5) is 5.69 Å². The summed E-state index contributed by atoms with van der Waals surface area (Å²) in [4.78, 5) is 14.4. The molecule has 0 aromatic heterocycles. The fraction of sp³-hybridized carbons (Fsp3) is 0.0952. The number of benzene rings is 3. The highest BCUT2D eigenvalue weighted by molar-refractivity contribution is 9.10. The maximum Gasteiger partial charge on any atom is 0.238 e. The molecule has 0 aliphatic carbocycles. The lowest BCUT2D eigenvalue weighted by Gasteiger charge is -2.25. The summed E-state index contributed by atoms with van der Waals surface area (Å²) < 4.78 is 6.84. The Bertz CT molecular complexity index is 963. The number of halogens is 2. The number of carbonyl (C=O) groups excluding carboxylic acids is 1. The van der Waals surface area contributed by atoms with Crippen LogP contribution in [0.25, 0.3) is 0 Å². The Morgan fingerprint density at radius 1 is 0.963 bits per heavy atom. The van der Waals surface area contributed by atoms with Gasteiger partial charge in [0.1, 0.15) is 16.9 Å². The van der Waals surface area contributed by atoms with Gasteiger partial charge in [-0.15, -0.1) is 11.8 Å². The van der Waals surface area contributed by atoms with E-state index in [0.29, 0.717) is 22.3 Å². The van der Waals surface area contributed by atoms with Gasteiger partial charge in [0.2, 0.25) is 5.91 Å². The number of hydrogen-bond donors (Lipinski definition) is 0. The summed E-state index contributed by atoms with van der Waals surface area (Å²) in [5.41, 5.74) is 1.95. The van der Waals surface area contributed by atoms with Crippen molar-refractivity contribution >= 4 is 50.9 Å². The van der Waals surface area contributed by atoms with Gasteiger partial charge >= 0.3 is 0 Å². The molecule has 1 aliphatic rings. The zero-order valence-electron chi connectivity index (χ0n) is 14.1. The fourth-order valence-electron chi connectivity index (χ4n) is 2.92. The monoisotopic (exact) mass is 459 g/mol. The molecule has 1 heterocycles. The largest absolute Gasteiger partial charge is 0.457 e. The Morgan fingerprint density at radius 3 is 2.26 bits per heavy atom. The van der Waals surface area contributed by atoms with Crippen LogP contribution in [0.3, 0.4) is 0 Å². The van der Waals surface area contributed by atoms with Crippen LogP contribution in [0.15, 0.2) is 77.3 Å². The second-order valence-corrected chi connectivity index (χ2v) is 8.36. The Balaban J connectivity index is 1.57. The Kier molecular flexibility index (Phi) is 5.43. The first-order chi connectivity index (χ1) is 13.1. The molecule has 1 aliphatic heterocycles. The molecule has 1 atom stereocenters. The van der Waals surface area contributed by atoms with Crippen LogP contribution in [0, 0.1) is 0 Å². The number of nitrogens with zero attached hydrogens (tertiary/aromatic N) is 1. The lowest BCUT2D eigenvalue weighted by atomic mass is 10.2. The van der Waals surface area contributed by atoms with Gasteiger partial charge in [-0.05, 0) is 60.2 Å². The summed E-state index contributed by atoms with van der Waals surface area (Å²) in [6.07, 6.45) is 0. The number of rotatable bonds is 4. The van der Waals surface area contributed by atoms with E-state index in [1.54, 1.807) is 23.9 Å². The highest BCUT2D eigenvalue weighted by Gasteiger charge is 2.34. The second-order valence-electron chi connectivity index (χ2n) is 6.00. The van der Waals surface area contributed by atoms with E-state index in [9.17, 15) is 4.79 Å². The number of anilines is 1. The lowest BCUT2D eigenvalue weighted by Crippen LogP contribution is -2.27. The molecule has 0 radical (unpaired) electrons. The molecule has 3 aromatic carbocycles. The maximum atomic E-state index is 12.5. The average Bonchev–Trinajstić information content (AvgIpc) is 3.06. The van der Waals surface area contributed by atoms with Crippen molar-refractivity contribution in [3.8, 4) is 11.5 Å². The number of carbonyl (C=O) groups is 1. The number of hydrogen-bond acceptors (Lipinski definition) is 3. The first-order valence-electron chi connectivity index (χ1n) is 8.33. The van der Waals surface area contributed by atoms with E-state index in [0.717, 1.165) is 15.7 Å². The van der Waals surface area contributed by atoms with E-state index < -0.39 is 0 Å². The molecule has 0 bridgehead atoms. The smallest absolute Gasteiger partial charge is 0.238 e. The number of ether oxygens (including phenoxy) is 1. The van der Waals surface area contributed by atoms with E-state index in [1.807, 2.05) is 65.6 Å². The van der Waals surface area contributed by atoms with Crippen molar-refractivity contribution in [3.05, 3.63) is 87.9 Å². The predicted octanol–water partition coefficient (Wildman–Crippen LogP) is 6.67. The van der Waals surface area contributed by atoms with Crippen LogP contribution >= 0.6 is 39.3 Å². The van der Waals surface area contributed by atoms with Crippen LogP contribution < -0.4 is 9.64 Å². The molecule has 6 heteroatoms. The van der Waals surface area contributed by atoms with Crippen molar-refractivity contribution < 1.29 is 9.53 Å². The van der Waals surface area contributed by atoms with Crippen LogP contribution in [0.1, 0.15) is 10.9 Å². The van der Waals surface area contributed by atoms with Gasteiger partial charge in [-0.1, -0.05) is 45.7 Å². The molecule has 0 N–H and O–H groups in total.